The summed E-state index contributed by atoms with van der Waals surface area (Å²) in [6.45, 7) is 0. The van der Waals surface area contributed by atoms with E-state index in [1.54, 1.807) is 12.1 Å². The minimum absolute atomic E-state index is 0.255. The summed E-state index contributed by atoms with van der Waals surface area (Å²) < 4.78 is 0. The van der Waals surface area contributed by atoms with Crippen molar-refractivity contribution in [2.75, 3.05) is 19.9 Å². The van der Waals surface area contributed by atoms with Gasteiger partial charge in [-0.05, 0) is 12.1 Å². The van der Waals surface area contributed by atoms with E-state index < -0.39 is 0 Å². The van der Waals surface area contributed by atoms with E-state index >= 15 is 0 Å². The van der Waals surface area contributed by atoms with E-state index in [1.165, 1.54) is 20.4 Å². The first kappa shape index (κ1) is 9.47. The molecule has 0 aliphatic heterocycles. The molecule has 0 fully saturated rings. The zero-order valence-corrected chi connectivity index (χ0v) is 7.52. The molecule has 1 aromatic heterocycles. The van der Waals surface area contributed by atoms with Crippen LogP contribution in [0, 0.1) is 0 Å². The molecular formula is C8H11N3O2. The van der Waals surface area contributed by atoms with Crippen LogP contribution < -0.4 is 5.73 Å². The predicted octanol–water partition coefficient (Wildman–Crippen LogP) is 0.297. The van der Waals surface area contributed by atoms with Crippen molar-refractivity contribution in [1.82, 2.24) is 10.0 Å². The zero-order valence-electron chi connectivity index (χ0n) is 7.52. The van der Waals surface area contributed by atoms with Gasteiger partial charge >= 0.3 is 0 Å². The highest BCUT2D eigenvalue weighted by Gasteiger charge is 2.10. The van der Waals surface area contributed by atoms with Gasteiger partial charge in [0.25, 0.3) is 5.91 Å². The molecule has 0 spiro atoms. The number of hydrogen-bond donors (Lipinski definition) is 1. The molecule has 0 aliphatic rings. The van der Waals surface area contributed by atoms with E-state index in [0.717, 1.165) is 5.06 Å². The second-order valence-corrected chi connectivity index (χ2v) is 2.46. The first-order valence-electron chi connectivity index (χ1n) is 3.69. The molecular weight excluding hydrogens is 170 g/mol. The summed E-state index contributed by atoms with van der Waals surface area (Å²) in [5.41, 5.74) is 5.81. The number of pyridine rings is 1. The second kappa shape index (κ2) is 3.86. The van der Waals surface area contributed by atoms with Crippen LogP contribution in [0.5, 0.6) is 0 Å². The molecule has 70 valence electrons. The molecule has 1 amide bonds. The molecule has 0 radical (unpaired) electrons. The van der Waals surface area contributed by atoms with E-state index in [4.69, 9.17) is 10.6 Å². The van der Waals surface area contributed by atoms with Crippen LogP contribution in [-0.2, 0) is 4.84 Å². The zero-order chi connectivity index (χ0) is 9.84. The molecule has 0 bridgehead atoms. The fourth-order valence-electron chi connectivity index (χ4n) is 0.797. The highest BCUT2D eigenvalue weighted by Crippen LogP contribution is 2.04. The molecule has 0 aliphatic carbocycles. The molecule has 1 heterocycles. The van der Waals surface area contributed by atoms with Gasteiger partial charge in [-0.25, -0.2) is 10.0 Å². The van der Waals surface area contributed by atoms with E-state index in [1.807, 2.05) is 0 Å². The molecule has 0 atom stereocenters. The van der Waals surface area contributed by atoms with Crippen LogP contribution in [-0.4, -0.2) is 30.1 Å². The number of nitrogens with two attached hydrogens (primary N) is 1. The maximum absolute atomic E-state index is 11.4. The lowest BCUT2D eigenvalue weighted by atomic mass is 10.2. The smallest absolute Gasteiger partial charge is 0.278 e. The minimum Gasteiger partial charge on any atom is -0.384 e. The second-order valence-electron chi connectivity index (χ2n) is 2.46. The van der Waals surface area contributed by atoms with Crippen molar-refractivity contribution in [2.45, 2.75) is 0 Å². The van der Waals surface area contributed by atoms with Gasteiger partial charge in [-0.3, -0.25) is 9.63 Å². The molecule has 0 unspecified atom stereocenters. The summed E-state index contributed by atoms with van der Waals surface area (Å²) in [7, 11) is 2.95. The molecule has 13 heavy (non-hydrogen) atoms. The van der Waals surface area contributed by atoms with Gasteiger partial charge in [-0.1, -0.05) is 0 Å². The number of hydroxylamine groups is 2. The lowest BCUT2D eigenvalue weighted by Gasteiger charge is -2.12. The Morgan fingerprint density at radius 1 is 1.62 bits per heavy atom. The Hall–Kier alpha value is -1.62. The number of amides is 1. The Morgan fingerprint density at radius 3 is 2.77 bits per heavy atom. The first-order chi connectivity index (χ1) is 6.15. The third-order valence-electron chi connectivity index (χ3n) is 1.59. The van der Waals surface area contributed by atoms with Crippen LogP contribution in [0.15, 0.2) is 18.3 Å². The topological polar surface area (TPSA) is 68.5 Å². The Balaban J connectivity index is 2.83. The number of hydrogen-bond acceptors (Lipinski definition) is 4. The Bertz CT molecular complexity index is 297. The summed E-state index contributed by atoms with van der Waals surface area (Å²) in [6.07, 6.45) is 1.41. The fourth-order valence-corrected chi connectivity index (χ4v) is 0.797. The minimum atomic E-state index is -0.255. The SMILES string of the molecule is CON(C)C(=O)c1ccc(N)nc1. The standard InChI is InChI=1S/C8H11N3O2/c1-11(13-2)8(12)6-3-4-7(9)10-5-6/h3-5H,1-2H3,(H2,9,10). The van der Waals surface area contributed by atoms with Crippen molar-refractivity contribution >= 4 is 11.7 Å². The molecule has 2 N–H and O–H groups in total. The fraction of sp³-hybridized carbons (Fsp3) is 0.250. The number of aromatic nitrogens is 1. The number of anilines is 1. The molecule has 5 heteroatoms. The number of nitrogens with zero attached hydrogens (tertiary/aromatic N) is 2. The monoisotopic (exact) mass is 181 g/mol. The van der Waals surface area contributed by atoms with Gasteiger partial charge in [0.05, 0.1) is 12.7 Å². The average Bonchev–Trinajstić information content (AvgIpc) is 2.17. The molecule has 0 saturated heterocycles. The third-order valence-corrected chi connectivity index (χ3v) is 1.59. The number of nitrogen functional groups attached to an aromatic ring is 1. The van der Waals surface area contributed by atoms with Crippen molar-refractivity contribution < 1.29 is 9.63 Å². The summed E-state index contributed by atoms with van der Waals surface area (Å²) >= 11 is 0. The Kier molecular flexibility index (Phi) is 2.81. The lowest BCUT2D eigenvalue weighted by Crippen LogP contribution is -2.25. The van der Waals surface area contributed by atoms with Crippen molar-refractivity contribution in [2.24, 2.45) is 0 Å². The lowest BCUT2D eigenvalue weighted by molar-refractivity contribution is -0.0757. The van der Waals surface area contributed by atoms with E-state index in [-0.39, 0.29) is 5.91 Å². The number of carbonyl (C=O) groups excluding carboxylic acids is 1. The Labute approximate surface area is 76.1 Å². The van der Waals surface area contributed by atoms with Gasteiger partial charge in [0, 0.05) is 13.2 Å². The van der Waals surface area contributed by atoms with Gasteiger partial charge in [-0.2, -0.15) is 0 Å². The summed E-state index contributed by atoms with van der Waals surface area (Å²) in [4.78, 5) is 19.9. The summed E-state index contributed by atoms with van der Waals surface area (Å²) in [5, 5.41) is 1.12. The van der Waals surface area contributed by atoms with Crippen LogP contribution in [0.2, 0.25) is 0 Å². The third kappa shape index (κ3) is 2.16. The van der Waals surface area contributed by atoms with Crippen LogP contribution >= 0.6 is 0 Å². The van der Waals surface area contributed by atoms with Crippen LogP contribution in [0.3, 0.4) is 0 Å². The quantitative estimate of drug-likeness (QED) is 0.666. The van der Waals surface area contributed by atoms with Crippen LogP contribution in [0.4, 0.5) is 5.82 Å². The molecule has 1 aromatic rings. The normalized spacial score (nSPS) is 9.69. The van der Waals surface area contributed by atoms with Crippen molar-refractivity contribution in [3.63, 3.8) is 0 Å². The van der Waals surface area contributed by atoms with E-state index in [9.17, 15) is 4.79 Å². The van der Waals surface area contributed by atoms with E-state index in [2.05, 4.69) is 4.98 Å². The highest BCUT2D eigenvalue weighted by molar-refractivity contribution is 5.93. The number of carbonyl (C=O) groups is 1. The van der Waals surface area contributed by atoms with Crippen molar-refractivity contribution in [1.29, 1.82) is 0 Å². The van der Waals surface area contributed by atoms with Gasteiger partial charge in [0.1, 0.15) is 5.82 Å². The van der Waals surface area contributed by atoms with Gasteiger partial charge in [0.2, 0.25) is 0 Å². The largest absolute Gasteiger partial charge is 0.384 e. The summed E-state index contributed by atoms with van der Waals surface area (Å²) in [5.74, 6) is 0.131. The van der Waals surface area contributed by atoms with Gasteiger partial charge in [-0.15, -0.1) is 0 Å². The molecule has 0 saturated carbocycles. The first-order valence-corrected chi connectivity index (χ1v) is 3.69. The van der Waals surface area contributed by atoms with Gasteiger partial charge < -0.3 is 5.73 Å². The van der Waals surface area contributed by atoms with Crippen LogP contribution in [0.25, 0.3) is 0 Å². The van der Waals surface area contributed by atoms with Crippen molar-refractivity contribution in [3.05, 3.63) is 23.9 Å². The average molecular weight is 181 g/mol. The summed E-state index contributed by atoms with van der Waals surface area (Å²) in [6, 6.07) is 3.16. The molecule has 1 rings (SSSR count). The van der Waals surface area contributed by atoms with E-state index in [0.29, 0.717) is 11.4 Å². The molecule has 5 nitrogen and oxygen atoms in total. The maximum atomic E-state index is 11.4. The number of rotatable bonds is 2. The van der Waals surface area contributed by atoms with Crippen LogP contribution in [0.1, 0.15) is 10.4 Å². The van der Waals surface area contributed by atoms with Crippen molar-refractivity contribution in [3.8, 4) is 0 Å². The van der Waals surface area contributed by atoms with Gasteiger partial charge in [0.15, 0.2) is 0 Å². The molecule has 0 aromatic carbocycles. The predicted molar refractivity (Wildman–Crippen MR) is 47.8 cm³/mol. The highest BCUT2D eigenvalue weighted by atomic mass is 16.7. The Morgan fingerprint density at radius 2 is 2.31 bits per heavy atom. The maximum Gasteiger partial charge on any atom is 0.278 e.